The molecule has 0 saturated carbocycles. The lowest BCUT2D eigenvalue weighted by atomic mass is 9.97. The van der Waals surface area contributed by atoms with Gasteiger partial charge in [-0.25, -0.2) is 0 Å². The molecule has 1 amide bonds. The van der Waals surface area contributed by atoms with E-state index < -0.39 is 0 Å². The topological polar surface area (TPSA) is 32.3 Å². The maximum atomic E-state index is 11.8. The monoisotopic (exact) mass is 292 g/mol. The summed E-state index contributed by atoms with van der Waals surface area (Å²) in [7, 11) is 2.16. The lowest BCUT2D eigenvalue weighted by Gasteiger charge is -2.28. The Kier molecular flexibility index (Phi) is 6.40. The summed E-state index contributed by atoms with van der Waals surface area (Å²) in [5.41, 5.74) is 0. The zero-order valence-electron chi connectivity index (χ0n) is 12.2. The summed E-state index contributed by atoms with van der Waals surface area (Å²) in [5, 5.41) is 3.08. The zero-order valence-corrected chi connectivity index (χ0v) is 13.0. The van der Waals surface area contributed by atoms with Gasteiger partial charge < -0.3 is 10.2 Å². The van der Waals surface area contributed by atoms with Crippen molar-refractivity contribution in [2.75, 3.05) is 32.4 Å². The second-order valence-electron chi connectivity index (χ2n) is 5.46. The number of thioether (sulfide) groups is 1. The summed E-state index contributed by atoms with van der Waals surface area (Å²) in [6.07, 6.45) is 3.01. The highest BCUT2D eigenvalue weighted by atomic mass is 32.2. The summed E-state index contributed by atoms with van der Waals surface area (Å²) in [6, 6.07) is 10.2. The number of rotatable bonds is 6. The minimum Gasteiger partial charge on any atom is -0.356 e. The highest BCUT2D eigenvalue weighted by Gasteiger charge is 2.16. The molecule has 20 heavy (non-hydrogen) atoms. The number of nitrogens with zero attached hydrogens (tertiary/aromatic N) is 1. The van der Waals surface area contributed by atoms with Crippen LogP contribution in [0.5, 0.6) is 0 Å². The van der Waals surface area contributed by atoms with E-state index in [9.17, 15) is 4.79 Å². The second kappa shape index (κ2) is 8.32. The molecule has 0 spiro atoms. The first-order chi connectivity index (χ1) is 9.74. The van der Waals surface area contributed by atoms with Crippen molar-refractivity contribution in [3.8, 4) is 0 Å². The van der Waals surface area contributed by atoms with Crippen LogP contribution in [0.25, 0.3) is 0 Å². The fraction of sp³-hybridized carbons (Fsp3) is 0.562. The number of carbonyl (C=O) groups excluding carboxylic acids is 1. The molecule has 1 aromatic rings. The van der Waals surface area contributed by atoms with E-state index in [4.69, 9.17) is 0 Å². The number of benzene rings is 1. The third-order valence-electron chi connectivity index (χ3n) is 3.77. The summed E-state index contributed by atoms with van der Waals surface area (Å²) < 4.78 is 0. The van der Waals surface area contributed by atoms with Gasteiger partial charge in [0.25, 0.3) is 0 Å². The molecule has 1 aliphatic heterocycles. The molecule has 110 valence electrons. The molecule has 0 atom stereocenters. The molecule has 1 fully saturated rings. The van der Waals surface area contributed by atoms with Gasteiger partial charge in [-0.1, -0.05) is 18.2 Å². The van der Waals surface area contributed by atoms with Gasteiger partial charge in [-0.2, -0.15) is 0 Å². The standard InChI is InChI=1S/C16H24N2OS/c1-18-10-7-14(8-11-18)13-17-16(19)9-12-20-15-5-3-2-4-6-15/h2-6,14H,7-13H2,1H3,(H,17,19). The van der Waals surface area contributed by atoms with Crippen LogP contribution in [0, 0.1) is 5.92 Å². The number of nitrogens with one attached hydrogen (secondary N) is 1. The van der Waals surface area contributed by atoms with Gasteiger partial charge in [-0.05, 0) is 51.0 Å². The van der Waals surface area contributed by atoms with Crippen LogP contribution in [0.3, 0.4) is 0 Å². The molecule has 0 aliphatic carbocycles. The molecule has 1 heterocycles. The number of amides is 1. The van der Waals surface area contributed by atoms with Crippen molar-refractivity contribution in [2.24, 2.45) is 5.92 Å². The van der Waals surface area contributed by atoms with Crippen LogP contribution < -0.4 is 5.32 Å². The first-order valence-electron chi connectivity index (χ1n) is 7.37. The summed E-state index contributed by atoms with van der Waals surface area (Å²) >= 11 is 1.74. The van der Waals surface area contributed by atoms with Crippen molar-refractivity contribution in [2.45, 2.75) is 24.2 Å². The predicted molar refractivity (Wildman–Crippen MR) is 85.0 cm³/mol. The molecule has 1 aliphatic rings. The number of likely N-dealkylation sites (tertiary alicyclic amines) is 1. The fourth-order valence-electron chi connectivity index (χ4n) is 2.39. The molecule has 1 N–H and O–H groups in total. The summed E-state index contributed by atoms with van der Waals surface area (Å²) in [5.74, 6) is 1.70. The van der Waals surface area contributed by atoms with Gasteiger partial charge in [0.2, 0.25) is 5.91 Å². The quantitative estimate of drug-likeness (QED) is 0.818. The van der Waals surface area contributed by atoms with E-state index in [1.165, 1.54) is 17.7 Å². The maximum Gasteiger partial charge on any atom is 0.220 e. The van der Waals surface area contributed by atoms with Gasteiger partial charge in [-0.3, -0.25) is 4.79 Å². The van der Waals surface area contributed by atoms with Crippen molar-refractivity contribution >= 4 is 17.7 Å². The average Bonchev–Trinajstić information content (AvgIpc) is 2.48. The number of hydrogen-bond donors (Lipinski definition) is 1. The van der Waals surface area contributed by atoms with Gasteiger partial charge in [0.1, 0.15) is 0 Å². The van der Waals surface area contributed by atoms with E-state index in [1.54, 1.807) is 11.8 Å². The van der Waals surface area contributed by atoms with Gasteiger partial charge in [0.15, 0.2) is 0 Å². The average molecular weight is 292 g/mol. The Balaban J connectivity index is 1.56. The smallest absolute Gasteiger partial charge is 0.220 e. The van der Waals surface area contributed by atoms with Crippen LogP contribution in [-0.2, 0) is 4.79 Å². The van der Waals surface area contributed by atoms with Crippen molar-refractivity contribution in [1.29, 1.82) is 0 Å². The Hall–Kier alpha value is -1.00. The molecular weight excluding hydrogens is 268 g/mol. The normalized spacial score (nSPS) is 17.1. The number of piperidine rings is 1. The predicted octanol–water partition coefficient (Wildman–Crippen LogP) is 2.63. The Morgan fingerprint density at radius 3 is 2.70 bits per heavy atom. The molecule has 0 bridgehead atoms. The van der Waals surface area contributed by atoms with E-state index in [0.29, 0.717) is 12.3 Å². The molecule has 3 nitrogen and oxygen atoms in total. The van der Waals surface area contributed by atoms with E-state index >= 15 is 0 Å². The Bertz CT molecular complexity index is 402. The van der Waals surface area contributed by atoms with E-state index in [-0.39, 0.29) is 5.91 Å². The number of carbonyl (C=O) groups is 1. The van der Waals surface area contributed by atoms with E-state index in [2.05, 4.69) is 29.4 Å². The Morgan fingerprint density at radius 2 is 2.00 bits per heavy atom. The molecule has 1 aromatic carbocycles. The Labute approximate surface area is 126 Å². The lowest BCUT2D eigenvalue weighted by Crippen LogP contribution is -2.36. The van der Waals surface area contributed by atoms with Crippen LogP contribution >= 0.6 is 11.8 Å². The van der Waals surface area contributed by atoms with Crippen LogP contribution in [-0.4, -0.2) is 43.2 Å². The zero-order chi connectivity index (χ0) is 14.2. The van der Waals surface area contributed by atoms with Crippen LogP contribution in [0.2, 0.25) is 0 Å². The van der Waals surface area contributed by atoms with Crippen molar-refractivity contribution < 1.29 is 4.79 Å². The van der Waals surface area contributed by atoms with Gasteiger partial charge in [0.05, 0.1) is 0 Å². The van der Waals surface area contributed by atoms with Crippen LogP contribution in [0.1, 0.15) is 19.3 Å². The van der Waals surface area contributed by atoms with Gasteiger partial charge >= 0.3 is 0 Å². The molecule has 0 unspecified atom stereocenters. The van der Waals surface area contributed by atoms with E-state index in [1.807, 2.05) is 18.2 Å². The minimum absolute atomic E-state index is 0.187. The summed E-state index contributed by atoms with van der Waals surface area (Å²) in [6.45, 7) is 3.16. The fourth-order valence-corrected chi connectivity index (χ4v) is 3.26. The Morgan fingerprint density at radius 1 is 1.30 bits per heavy atom. The van der Waals surface area contributed by atoms with E-state index in [0.717, 1.165) is 25.4 Å². The van der Waals surface area contributed by atoms with Crippen molar-refractivity contribution in [1.82, 2.24) is 10.2 Å². The number of hydrogen-bond acceptors (Lipinski definition) is 3. The highest BCUT2D eigenvalue weighted by molar-refractivity contribution is 7.99. The first-order valence-corrected chi connectivity index (χ1v) is 8.35. The second-order valence-corrected chi connectivity index (χ2v) is 6.63. The molecule has 4 heteroatoms. The lowest BCUT2D eigenvalue weighted by molar-refractivity contribution is -0.120. The SMILES string of the molecule is CN1CCC(CNC(=O)CCSc2ccccc2)CC1. The van der Waals surface area contributed by atoms with Gasteiger partial charge in [-0.15, -0.1) is 11.8 Å². The first kappa shape index (κ1) is 15.4. The largest absolute Gasteiger partial charge is 0.356 e. The maximum absolute atomic E-state index is 11.8. The molecular formula is C16H24N2OS. The van der Waals surface area contributed by atoms with Gasteiger partial charge in [0, 0.05) is 23.6 Å². The summed E-state index contributed by atoms with van der Waals surface area (Å²) in [4.78, 5) is 15.4. The molecule has 0 radical (unpaired) electrons. The highest BCUT2D eigenvalue weighted by Crippen LogP contribution is 2.18. The van der Waals surface area contributed by atoms with Crippen molar-refractivity contribution in [3.63, 3.8) is 0 Å². The third kappa shape index (κ3) is 5.55. The molecule has 0 aromatic heterocycles. The molecule has 1 saturated heterocycles. The third-order valence-corrected chi connectivity index (χ3v) is 4.78. The van der Waals surface area contributed by atoms with Crippen molar-refractivity contribution in [3.05, 3.63) is 30.3 Å². The molecule has 2 rings (SSSR count). The minimum atomic E-state index is 0.187. The van der Waals surface area contributed by atoms with Crippen LogP contribution in [0.15, 0.2) is 35.2 Å². The van der Waals surface area contributed by atoms with Crippen LogP contribution in [0.4, 0.5) is 0 Å².